The largest absolute Gasteiger partial charge is 0.469 e. The Hall–Kier alpha value is -1.54. The van der Waals surface area contributed by atoms with Crippen molar-refractivity contribution < 1.29 is 9.52 Å². The van der Waals surface area contributed by atoms with Crippen molar-refractivity contribution in [2.45, 2.75) is 26.9 Å². The number of benzene rings is 1. The van der Waals surface area contributed by atoms with E-state index in [0.717, 1.165) is 28.0 Å². The SMILES string of the molecule is Cc1ccc(C)c(C(O)c2coc(C)c2)c1. The van der Waals surface area contributed by atoms with Gasteiger partial charge in [-0.25, -0.2) is 0 Å². The van der Waals surface area contributed by atoms with E-state index in [1.165, 1.54) is 0 Å². The van der Waals surface area contributed by atoms with Gasteiger partial charge in [0.1, 0.15) is 11.9 Å². The highest BCUT2D eigenvalue weighted by molar-refractivity contribution is 5.37. The molecule has 0 spiro atoms. The van der Waals surface area contributed by atoms with Crippen LogP contribution in [0.1, 0.15) is 34.1 Å². The van der Waals surface area contributed by atoms with Crippen LogP contribution in [0.4, 0.5) is 0 Å². The standard InChI is InChI=1S/C14H16O2/c1-9-4-5-10(2)13(6-9)14(15)12-7-11(3)16-8-12/h4-8,14-15H,1-3H3. The van der Waals surface area contributed by atoms with E-state index in [0.29, 0.717) is 0 Å². The number of rotatable bonds is 2. The Morgan fingerprint density at radius 1 is 1.12 bits per heavy atom. The first-order valence-electron chi connectivity index (χ1n) is 5.38. The highest BCUT2D eigenvalue weighted by atomic mass is 16.3. The summed E-state index contributed by atoms with van der Waals surface area (Å²) in [6, 6.07) is 7.96. The van der Waals surface area contributed by atoms with E-state index in [-0.39, 0.29) is 0 Å². The Bertz CT molecular complexity index is 497. The summed E-state index contributed by atoms with van der Waals surface area (Å²) < 4.78 is 5.22. The third-order valence-electron chi connectivity index (χ3n) is 2.80. The van der Waals surface area contributed by atoms with Gasteiger partial charge in [-0.15, -0.1) is 0 Å². The van der Waals surface area contributed by atoms with Crippen molar-refractivity contribution in [3.05, 3.63) is 58.5 Å². The van der Waals surface area contributed by atoms with Crippen molar-refractivity contribution in [3.63, 3.8) is 0 Å². The highest BCUT2D eigenvalue weighted by Crippen LogP contribution is 2.26. The summed E-state index contributed by atoms with van der Waals surface area (Å²) in [4.78, 5) is 0. The van der Waals surface area contributed by atoms with E-state index in [2.05, 4.69) is 0 Å². The second-order valence-corrected chi connectivity index (χ2v) is 4.25. The van der Waals surface area contributed by atoms with Gasteiger partial charge in [0.05, 0.1) is 6.26 Å². The van der Waals surface area contributed by atoms with E-state index in [9.17, 15) is 5.11 Å². The molecule has 16 heavy (non-hydrogen) atoms. The molecule has 0 bridgehead atoms. The first kappa shape index (κ1) is 11.0. The van der Waals surface area contributed by atoms with Crippen LogP contribution in [0, 0.1) is 20.8 Å². The predicted molar refractivity (Wildman–Crippen MR) is 63.4 cm³/mol. The minimum atomic E-state index is -0.600. The lowest BCUT2D eigenvalue weighted by Gasteiger charge is -2.12. The van der Waals surface area contributed by atoms with Gasteiger partial charge in [-0.3, -0.25) is 0 Å². The van der Waals surface area contributed by atoms with Gasteiger partial charge in [0.2, 0.25) is 0 Å². The molecule has 2 aromatic rings. The fourth-order valence-corrected chi connectivity index (χ4v) is 1.84. The summed E-state index contributed by atoms with van der Waals surface area (Å²) in [7, 11) is 0. The van der Waals surface area contributed by atoms with Crippen molar-refractivity contribution in [2.75, 3.05) is 0 Å². The van der Waals surface area contributed by atoms with Crippen LogP contribution in [-0.2, 0) is 0 Å². The van der Waals surface area contributed by atoms with Gasteiger partial charge in [0, 0.05) is 5.56 Å². The third kappa shape index (κ3) is 2.02. The van der Waals surface area contributed by atoms with Crippen molar-refractivity contribution in [2.24, 2.45) is 0 Å². The summed E-state index contributed by atoms with van der Waals surface area (Å²) in [5.74, 6) is 0.819. The summed E-state index contributed by atoms with van der Waals surface area (Å²) in [6.45, 7) is 5.90. The van der Waals surface area contributed by atoms with E-state index in [1.54, 1.807) is 6.26 Å². The lowest BCUT2D eigenvalue weighted by Crippen LogP contribution is -2.01. The molecule has 2 heteroatoms. The molecule has 1 heterocycles. The second kappa shape index (κ2) is 4.14. The smallest absolute Gasteiger partial charge is 0.107 e. The Morgan fingerprint density at radius 2 is 1.88 bits per heavy atom. The topological polar surface area (TPSA) is 33.4 Å². The Balaban J connectivity index is 2.40. The molecule has 0 aliphatic heterocycles. The molecular weight excluding hydrogens is 200 g/mol. The highest BCUT2D eigenvalue weighted by Gasteiger charge is 2.14. The fraction of sp³-hybridized carbons (Fsp3) is 0.286. The molecule has 2 rings (SSSR count). The first-order chi connectivity index (χ1) is 7.58. The third-order valence-corrected chi connectivity index (χ3v) is 2.80. The molecule has 1 aromatic carbocycles. The molecule has 0 saturated heterocycles. The van der Waals surface area contributed by atoms with E-state index >= 15 is 0 Å². The van der Waals surface area contributed by atoms with Gasteiger partial charge in [-0.1, -0.05) is 23.8 Å². The lowest BCUT2D eigenvalue weighted by atomic mass is 9.97. The molecule has 1 aromatic heterocycles. The Kier molecular flexibility index (Phi) is 2.84. The number of aliphatic hydroxyl groups is 1. The van der Waals surface area contributed by atoms with Crippen LogP contribution in [0.25, 0.3) is 0 Å². The molecule has 0 saturated carbocycles. The minimum Gasteiger partial charge on any atom is -0.469 e. The molecule has 1 N–H and O–H groups in total. The second-order valence-electron chi connectivity index (χ2n) is 4.25. The molecule has 0 fully saturated rings. The number of aliphatic hydroxyl groups excluding tert-OH is 1. The zero-order valence-electron chi connectivity index (χ0n) is 9.82. The van der Waals surface area contributed by atoms with Crippen molar-refractivity contribution in [1.29, 1.82) is 0 Å². The fourth-order valence-electron chi connectivity index (χ4n) is 1.84. The lowest BCUT2D eigenvalue weighted by molar-refractivity contribution is 0.218. The summed E-state index contributed by atoms with van der Waals surface area (Å²) >= 11 is 0. The average molecular weight is 216 g/mol. The summed E-state index contributed by atoms with van der Waals surface area (Å²) in [5, 5.41) is 10.3. The van der Waals surface area contributed by atoms with Gasteiger partial charge in [-0.2, -0.15) is 0 Å². The van der Waals surface area contributed by atoms with Gasteiger partial charge in [0.25, 0.3) is 0 Å². The van der Waals surface area contributed by atoms with E-state index < -0.39 is 6.10 Å². The van der Waals surface area contributed by atoms with Gasteiger partial charge in [0.15, 0.2) is 0 Å². The summed E-state index contributed by atoms with van der Waals surface area (Å²) in [6.07, 6.45) is 1.01. The predicted octanol–water partition coefficient (Wildman–Crippen LogP) is 3.29. The molecule has 1 atom stereocenters. The van der Waals surface area contributed by atoms with Crippen LogP contribution in [0.15, 0.2) is 34.9 Å². The first-order valence-corrected chi connectivity index (χ1v) is 5.38. The van der Waals surface area contributed by atoms with Crippen molar-refractivity contribution in [1.82, 2.24) is 0 Å². The van der Waals surface area contributed by atoms with Gasteiger partial charge in [-0.05, 0) is 38.0 Å². The van der Waals surface area contributed by atoms with Crippen LogP contribution >= 0.6 is 0 Å². The number of hydrogen-bond donors (Lipinski definition) is 1. The maximum atomic E-state index is 10.3. The number of aryl methyl sites for hydroxylation is 3. The molecule has 1 unspecified atom stereocenters. The van der Waals surface area contributed by atoms with Crippen LogP contribution in [0.2, 0.25) is 0 Å². The minimum absolute atomic E-state index is 0.600. The maximum Gasteiger partial charge on any atom is 0.107 e. The van der Waals surface area contributed by atoms with Crippen molar-refractivity contribution >= 4 is 0 Å². The molecule has 0 amide bonds. The van der Waals surface area contributed by atoms with Crippen LogP contribution < -0.4 is 0 Å². The Labute approximate surface area is 95.5 Å². The van der Waals surface area contributed by atoms with E-state index in [1.807, 2.05) is 45.0 Å². The zero-order valence-corrected chi connectivity index (χ0v) is 9.82. The molecule has 2 nitrogen and oxygen atoms in total. The Morgan fingerprint density at radius 3 is 2.50 bits per heavy atom. The molecule has 84 valence electrons. The monoisotopic (exact) mass is 216 g/mol. The van der Waals surface area contributed by atoms with Gasteiger partial charge < -0.3 is 9.52 Å². The number of furan rings is 1. The molecule has 0 aliphatic carbocycles. The van der Waals surface area contributed by atoms with Gasteiger partial charge >= 0.3 is 0 Å². The molecule has 0 radical (unpaired) electrons. The van der Waals surface area contributed by atoms with Crippen LogP contribution in [0.5, 0.6) is 0 Å². The average Bonchev–Trinajstić information content (AvgIpc) is 2.67. The van der Waals surface area contributed by atoms with Crippen LogP contribution in [0.3, 0.4) is 0 Å². The zero-order chi connectivity index (χ0) is 11.7. The molecular formula is C14H16O2. The van der Waals surface area contributed by atoms with Crippen molar-refractivity contribution in [3.8, 4) is 0 Å². The normalized spacial score (nSPS) is 12.8. The quantitative estimate of drug-likeness (QED) is 0.835. The summed E-state index contributed by atoms with van der Waals surface area (Å²) in [5.41, 5.74) is 4.00. The molecule has 0 aliphatic rings. The van der Waals surface area contributed by atoms with Crippen LogP contribution in [-0.4, -0.2) is 5.11 Å². The maximum absolute atomic E-state index is 10.3. The number of hydrogen-bond acceptors (Lipinski definition) is 2. The van der Waals surface area contributed by atoms with E-state index in [4.69, 9.17) is 4.42 Å².